The lowest BCUT2D eigenvalue weighted by atomic mass is 9.95. The lowest BCUT2D eigenvalue weighted by Gasteiger charge is -2.31. The van der Waals surface area contributed by atoms with E-state index in [-0.39, 0.29) is 28.2 Å². The number of hydrogen-bond acceptors (Lipinski definition) is 4. The summed E-state index contributed by atoms with van der Waals surface area (Å²) in [6.07, 6.45) is 0.462. The van der Waals surface area contributed by atoms with Crippen molar-refractivity contribution < 1.29 is 9.72 Å². The van der Waals surface area contributed by atoms with Gasteiger partial charge in [-0.2, -0.15) is 0 Å². The number of rotatable bonds is 4. The fourth-order valence-corrected chi connectivity index (χ4v) is 4.51. The van der Waals surface area contributed by atoms with Gasteiger partial charge in [0, 0.05) is 18.1 Å². The molecule has 0 N–H and O–H groups in total. The summed E-state index contributed by atoms with van der Waals surface area (Å²) >= 11 is 6.02. The van der Waals surface area contributed by atoms with Crippen molar-refractivity contribution in [3.05, 3.63) is 135 Å². The van der Waals surface area contributed by atoms with Gasteiger partial charge in [0.25, 0.3) is 11.6 Å². The van der Waals surface area contributed by atoms with E-state index < -0.39 is 4.92 Å². The number of halogens is 1. The number of aliphatic imine (C=N–C) groups is 1. The zero-order valence-corrected chi connectivity index (χ0v) is 19.3. The van der Waals surface area contributed by atoms with Crippen LogP contribution in [0.1, 0.15) is 33.9 Å². The third-order valence-electron chi connectivity index (χ3n) is 5.99. The topological polar surface area (TPSA) is 75.8 Å². The van der Waals surface area contributed by atoms with Gasteiger partial charge in [-0.1, -0.05) is 84.4 Å². The van der Waals surface area contributed by atoms with Crippen molar-refractivity contribution in [2.75, 3.05) is 4.90 Å². The number of carbonyl (C=O) groups is 1. The first-order chi connectivity index (χ1) is 17.0. The highest BCUT2D eigenvalue weighted by Crippen LogP contribution is 2.42. The fourth-order valence-electron chi connectivity index (χ4n) is 4.33. The second kappa shape index (κ2) is 9.52. The van der Waals surface area contributed by atoms with Crippen molar-refractivity contribution in [3.63, 3.8) is 0 Å². The second-order valence-electron chi connectivity index (χ2n) is 8.14. The summed E-state index contributed by atoms with van der Waals surface area (Å²) in [7, 11) is 0. The first kappa shape index (κ1) is 22.5. The fraction of sp³-hybridized carbons (Fsp3) is 0.0714. The van der Waals surface area contributed by atoms with E-state index in [1.165, 1.54) is 18.2 Å². The molecule has 0 aliphatic carbocycles. The average molecular weight is 482 g/mol. The minimum atomic E-state index is -0.583. The molecular formula is C28H20ClN3O3. The van der Waals surface area contributed by atoms with Crippen LogP contribution in [0.2, 0.25) is 5.02 Å². The van der Waals surface area contributed by atoms with E-state index in [0.717, 1.165) is 16.8 Å². The number of amides is 1. The standard InChI is InChI=1S/C28H20ClN3O3/c29-22-16-15-21(17-27(22)32(34)35)28(33)31-25-14-8-7-13-23(25)30-24(19-9-3-1-4-10-19)18-26(31)20-11-5-2-6-12-20/h1-17,26H,18H2/t26-/m0/s1. The molecule has 4 aromatic carbocycles. The van der Waals surface area contributed by atoms with Crippen molar-refractivity contribution in [3.8, 4) is 0 Å². The zero-order valence-electron chi connectivity index (χ0n) is 18.5. The Hall–Kier alpha value is -4.29. The predicted octanol–water partition coefficient (Wildman–Crippen LogP) is 7.16. The van der Waals surface area contributed by atoms with Gasteiger partial charge in [0.15, 0.2) is 0 Å². The molecule has 7 heteroatoms. The highest BCUT2D eigenvalue weighted by Gasteiger charge is 2.33. The minimum Gasteiger partial charge on any atom is -0.298 e. The molecule has 35 heavy (non-hydrogen) atoms. The summed E-state index contributed by atoms with van der Waals surface area (Å²) < 4.78 is 0. The van der Waals surface area contributed by atoms with Crippen molar-refractivity contribution in [2.45, 2.75) is 12.5 Å². The molecule has 0 radical (unpaired) electrons. The number of benzene rings is 4. The number of fused-ring (bicyclic) bond motifs is 1. The third-order valence-corrected chi connectivity index (χ3v) is 6.31. The minimum absolute atomic E-state index is 0.0166. The molecule has 1 aliphatic rings. The Kier molecular flexibility index (Phi) is 6.12. The van der Waals surface area contributed by atoms with Crippen LogP contribution in [0.3, 0.4) is 0 Å². The average Bonchev–Trinajstić information content (AvgIpc) is 3.07. The largest absolute Gasteiger partial charge is 0.298 e. The molecule has 0 spiro atoms. The Morgan fingerprint density at radius 3 is 2.29 bits per heavy atom. The Morgan fingerprint density at radius 1 is 0.914 bits per heavy atom. The molecule has 4 aromatic rings. The van der Waals surface area contributed by atoms with Crippen LogP contribution in [0.25, 0.3) is 0 Å². The summed E-state index contributed by atoms with van der Waals surface area (Å²) in [6.45, 7) is 0. The van der Waals surface area contributed by atoms with Crippen LogP contribution >= 0.6 is 11.6 Å². The highest BCUT2D eigenvalue weighted by atomic mass is 35.5. The van der Waals surface area contributed by atoms with Crippen LogP contribution in [0, 0.1) is 10.1 Å². The van der Waals surface area contributed by atoms with Crippen LogP contribution in [0.5, 0.6) is 0 Å². The monoisotopic (exact) mass is 481 g/mol. The summed E-state index contributed by atoms with van der Waals surface area (Å²) in [6, 6.07) is 30.8. The summed E-state index contributed by atoms with van der Waals surface area (Å²) in [5.74, 6) is -0.365. The van der Waals surface area contributed by atoms with E-state index in [2.05, 4.69) is 0 Å². The maximum atomic E-state index is 14.0. The third kappa shape index (κ3) is 4.44. The van der Waals surface area contributed by atoms with Crippen molar-refractivity contribution in [1.82, 2.24) is 0 Å². The van der Waals surface area contributed by atoms with Crippen molar-refractivity contribution in [2.24, 2.45) is 4.99 Å². The maximum Gasteiger partial charge on any atom is 0.288 e. The molecule has 0 saturated heterocycles. The van der Waals surface area contributed by atoms with Crippen LogP contribution in [0.4, 0.5) is 17.1 Å². The van der Waals surface area contributed by atoms with Crippen LogP contribution < -0.4 is 4.90 Å². The Labute approximate surface area is 207 Å². The van der Waals surface area contributed by atoms with E-state index >= 15 is 0 Å². The van der Waals surface area contributed by atoms with Gasteiger partial charge >= 0.3 is 0 Å². The first-order valence-corrected chi connectivity index (χ1v) is 11.4. The molecule has 1 amide bonds. The van der Waals surface area contributed by atoms with Gasteiger partial charge in [-0.25, -0.2) is 0 Å². The lowest BCUT2D eigenvalue weighted by Crippen LogP contribution is -2.35. The number of nitro benzene ring substituents is 1. The second-order valence-corrected chi connectivity index (χ2v) is 8.55. The summed E-state index contributed by atoms with van der Waals surface area (Å²) in [5.41, 5.74) is 3.92. The van der Waals surface area contributed by atoms with Gasteiger partial charge in [0.05, 0.1) is 28.1 Å². The normalized spacial score (nSPS) is 15.1. The molecule has 172 valence electrons. The number of para-hydroxylation sites is 2. The Bertz CT molecular complexity index is 1440. The summed E-state index contributed by atoms with van der Waals surface area (Å²) in [5, 5.41) is 11.5. The molecule has 0 fully saturated rings. The van der Waals surface area contributed by atoms with Gasteiger partial charge in [-0.05, 0) is 35.4 Å². The van der Waals surface area contributed by atoms with E-state index in [1.807, 2.05) is 84.9 Å². The predicted molar refractivity (Wildman–Crippen MR) is 138 cm³/mol. The van der Waals surface area contributed by atoms with Crippen molar-refractivity contribution >= 4 is 40.3 Å². The SMILES string of the molecule is O=C(c1ccc(Cl)c([N+](=O)[O-])c1)N1c2ccccc2N=C(c2ccccc2)C[C@H]1c1ccccc1. The quantitative estimate of drug-likeness (QED) is 0.229. The summed E-state index contributed by atoms with van der Waals surface area (Å²) in [4.78, 5) is 31.6. The van der Waals surface area contributed by atoms with E-state index in [4.69, 9.17) is 16.6 Å². The van der Waals surface area contributed by atoms with E-state index in [9.17, 15) is 14.9 Å². The van der Waals surface area contributed by atoms with Crippen LogP contribution in [0.15, 0.2) is 108 Å². The Morgan fingerprint density at radius 2 is 1.57 bits per heavy atom. The van der Waals surface area contributed by atoms with Gasteiger partial charge in [-0.15, -0.1) is 0 Å². The van der Waals surface area contributed by atoms with E-state index in [1.54, 1.807) is 4.90 Å². The molecule has 6 nitrogen and oxygen atoms in total. The highest BCUT2D eigenvalue weighted by molar-refractivity contribution is 6.32. The number of carbonyl (C=O) groups excluding carboxylic acids is 1. The maximum absolute atomic E-state index is 14.0. The molecular weight excluding hydrogens is 462 g/mol. The number of nitrogens with zero attached hydrogens (tertiary/aromatic N) is 3. The van der Waals surface area contributed by atoms with Crippen LogP contribution in [-0.2, 0) is 0 Å². The van der Waals surface area contributed by atoms with Gasteiger partial charge < -0.3 is 0 Å². The molecule has 1 aliphatic heterocycles. The molecule has 0 aromatic heterocycles. The zero-order chi connectivity index (χ0) is 24.4. The molecule has 1 atom stereocenters. The molecule has 0 saturated carbocycles. The molecule has 5 rings (SSSR count). The number of nitro groups is 1. The molecule has 0 bridgehead atoms. The van der Waals surface area contributed by atoms with Gasteiger partial charge in [0.2, 0.25) is 0 Å². The van der Waals surface area contributed by atoms with Gasteiger partial charge in [-0.3, -0.25) is 24.8 Å². The van der Waals surface area contributed by atoms with Crippen LogP contribution in [-0.4, -0.2) is 16.5 Å². The van der Waals surface area contributed by atoms with Gasteiger partial charge in [0.1, 0.15) is 5.02 Å². The lowest BCUT2D eigenvalue weighted by molar-refractivity contribution is -0.384. The molecule has 0 unspecified atom stereocenters. The van der Waals surface area contributed by atoms with Crippen molar-refractivity contribution in [1.29, 1.82) is 0 Å². The van der Waals surface area contributed by atoms with E-state index in [0.29, 0.717) is 17.8 Å². The Balaban J connectivity index is 1.69. The number of anilines is 1. The first-order valence-electron chi connectivity index (χ1n) is 11.1. The molecule has 1 heterocycles. The smallest absolute Gasteiger partial charge is 0.288 e. The number of hydrogen-bond donors (Lipinski definition) is 0.